The molecule has 0 fully saturated rings. The molecule has 0 aliphatic rings. The van der Waals surface area contributed by atoms with Gasteiger partial charge in [0.15, 0.2) is 0 Å². The van der Waals surface area contributed by atoms with Crippen LogP contribution in [0.25, 0.3) is 11.1 Å². The Bertz CT molecular complexity index is 955. The van der Waals surface area contributed by atoms with Crippen molar-refractivity contribution < 1.29 is 14.6 Å². The lowest BCUT2D eigenvalue weighted by atomic mass is 9.88. The topological polar surface area (TPSA) is 46.5 Å². The first kappa shape index (κ1) is 21.4. The number of carbonyl (C=O) groups is 1. The van der Waals surface area contributed by atoms with Crippen LogP contribution in [0.1, 0.15) is 49.3 Å². The van der Waals surface area contributed by atoms with Crippen LogP contribution in [0.5, 0.6) is 11.5 Å². The Balaban J connectivity index is 1.94. The maximum Gasteiger partial charge on any atom is 0.119 e. The van der Waals surface area contributed by atoms with Crippen molar-refractivity contribution in [2.24, 2.45) is 0 Å². The largest absolute Gasteiger partial charge is 0.508 e. The van der Waals surface area contributed by atoms with E-state index in [1.807, 2.05) is 30.3 Å². The molecule has 0 atom stereocenters. The van der Waals surface area contributed by atoms with Crippen LogP contribution < -0.4 is 4.74 Å². The first-order chi connectivity index (χ1) is 14.7. The van der Waals surface area contributed by atoms with E-state index in [0.29, 0.717) is 13.0 Å². The van der Waals surface area contributed by atoms with Gasteiger partial charge in [-0.15, -0.1) is 0 Å². The molecular formula is C27H28O3. The van der Waals surface area contributed by atoms with Gasteiger partial charge in [0.2, 0.25) is 0 Å². The lowest BCUT2D eigenvalue weighted by Crippen LogP contribution is -1.98. The fourth-order valence-corrected chi connectivity index (χ4v) is 3.55. The van der Waals surface area contributed by atoms with E-state index in [2.05, 4.69) is 43.3 Å². The summed E-state index contributed by atoms with van der Waals surface area (Å²) in [5.74, 6) is 1.09. The summed E-state index contributed by atoms with van der Waals surface area (Å²) < 4.78 is 5.82. The second-order valence-corrected chi connectivity index (χ2v) is 7.16. The molecule has 154 valence electrons. The number of ether oxygens (including phenoxy) is 1. The predicted molar refractivity (Wildman–Crippen MR) is 123 cm³/mol. The fourth-order valence-electron chi connectivity index (χ4n) is 3.55. The number of phenolic OH excluding ortho intramolecular Hbond substituents is 1. The third kappa shape index (κ3) is 5.60. The molecule has 0 heterocycles. The minimum atomic E-state index is 0.259. The minimum absolute atomic E-state index is 0.259. The summed E-state index contributed by atoms with van der Waals surface area (Å²) >= 11 is 0. The maximum absolute atomic E-state index is 10.4. The van der Waals surface area contributed by atoms with Crippen LogP contribution in [-0.2, 0) is 4.79 Å². The Kier molecular flexibility index (Phi) is 7.85. The van der Waals surface area contributed by atoms with E-state index in [-0.39, 0.29) is 5.75 Å². The number of aldehydes is 1. The van der Waals surface area contributed by atoms with Crippen molar-refractivity contribution in [3.8, 4) is 11.5 Å². The van der Waals surface area contributed by atoms with Crippen molar-refractivity contribution in [3.05, 3.63) is 95.6 Å². The standard InChI is InChI=1S/C27H28O3/c1-2-26(21-9-5-3-6-10-21)27(22-11-15-24(29)16-12-22)23-13-17-25(18-14-23)30-20-8-4-7-19-28/h3,5-6,9-19,29H,2,4,7-8,20H2,1H3/b27-26-. The lowest BCUT2D eigenvalue weighted by molar-refractivity contribution is -0.107. The number of hydrogen-bond acceptors (Lipinski definition) is 3. The van der Waals surface area contributed by atoms with E-state index in [0.717, 1.165) is 48.0 Å². The molecule has 0 radical (unpaired) electrons. The van der Waals surface area contributed by atoms with Crippen molar-refractivity contribution in [2.75, 3.05) is 6.61 Å². The second-order valence-electron chi connectivity index (χ2n) is 7.16. The number of allylic oxidation sites excluding steroid dienone is 1. The Labute approximate surface area is 178 Å². The van der Waals surface area contributed by atoms with Gasteiger partial charge >= 0.3 is 0 Å². The van der Waals surface area contributed by atoms with E-state index in [4.69, 9.17) is 4.74 Å². The zero-order valence-corrected chi connectivity index (χ0v) is 17.4. The highest BCUT2D eigenvalue weighted by Gasteiger charge is 2.13. The Morgan fingerprint density at radius 1 is 0.833 bits per heavy atom. The Morgan fingerprint density at radius 2 is 1.47 bits per heavy atom. The molecule has 0 aliphatic carbocycles. The molecule has 30 heavy (non-hydrogen) atoms. The smallest absolute Gasteiger partial charge is 0.119 e. The summed E-state index contributed by atoms with van der Waals surface area (Å²) in [7, 11) is 0. The fraction of sp³-hybridized carbons (Fsp3) is 0.222. The van der Waals surface area contributed by atoms with Crippen molar-refractivity contribution in [3.63, 3.8) is 0 Å². The molecule has 0 spiro atoms. The maximum atomic E-state index is 10.4. The van der Waals surface area contributed by atoms with Gasteiger partial charge in [-0.2, -0.15) is 0 Å². The zero-order chi connectivity index (χ0) is 21.2. The molecule has 1 N–H and O–H groups in total. The molecule has 0 aliphatic heterocycles. The van der Waals surface area contributed by atoms with Crippen LogP contribution in [0, 0.1) is 0 Å². The molecule has 3 heteroatoms. The van der Waals surface area contributed by atoms with E-state index in [1.165, 1.54) is 11.1 Å². The van der Waals surface area contributed by atoms with Crippen LogP contribution in [-0.4, -0.2) is 18.0 Å². The summed E-state index contributed by atoms with van der Waals surface area (Å²) in [6, 6.07) is 25.9. The number of hydrogen-bond donors (Lipinski definition) is 1. The molecule has 0 saturated carbocycles. The Hall–Kier alpha value is -3.33. The van der Waals surface area contributed by atoms with Gasteiger partial charge in [0, 0.05) is 6.42 Å². The van der Waals surface area contributed by atoms with Gasteiger partial charge in [-0.1, -0.05) is 61.5 Å². The van der Waals surface area contributed by atoms with Gasteiger partial charge in [-0.05, 0) is 71.4 Å². The summed E-state index contributed by atoms with van der Waals surface area (Å²) in [6.45, 7) is 2.78. The van der Waals surface area contributed by atoms with Crippen molar-refractivity contribution in [1.82, 2.24) is 0 Å². The van der Waals surface area contributed by atoms with Gasteiger partial charge in [0.05, 0.1) is 6.61 Å². The molecule has 3 aromatic rings. The monoisotopic (exact) mass is 400 g/mol. The van der Waals surface area contributed by atoms with Crippen LogP contribution in [0.3, 0.4) is 0 Å². The van der Waals surface area contributed by atoms with Crippen molar-refractivity contribution in [1.29, 1.82) is 0 Å². The van der Waals surface area contributed by atoms with E-state index >= 15 is 0 Å². The number of benzene rings is 3. The molecular weight excluding hydrogens is 372 g/mol. The van der Waals surface area contributed by atoms with Gasteiger partial charge < -0.3 is 14.6 Å². The first-order valence-electron chi connectivity index (χ1n) is 10.5. The van der Waals surface area contributed by atoms with Gasteiger partial charge in [0.25, 0.3) is 0 Å². The predicted octanol–water partition coefficient (Wildman–Crippen LogP) is 6.51. The summed E-state index contributed by atoms with van der Waals surface area (Å²) in [5, 5.41) is 9.74. The zero-order valence-electron chi connectivity index (χ0n) is 17.4. The lowest BCUT2D eigenvalue weighted by Gasteiger charge is -2.17. The molecule has 0 unspecified atom stereocenters. The van der Waals surface area contributed by atoms with E-state index < -0.39 is 0 Å². The number of phenols is 1. The van der Waals surface area contributed by atoms with Crippen LogP contribution in [0.15, 0.2) is 78.9 Å². The highest BCUT2D eigenvalue weighted by molar-refractivity contribution is 5.98. The molecule has 0 aromatic heterocycles. The Morgan fingerprint density at radius 3 is 2.07 bits per heavy atom. The highest BCUT2D eigenvalue weighted by atomic mass is 16.5. The molecule has 0 amide bonds. The van der Waals surface area contributed by atoms with Crippen LogP contribution in [0.4, 0.5) is 0 Å². The van der Waals surface area contributed by atoms with Crippen molar-refractivity contribution >= 4 is 17.4 Å². The van der Waals surface area contributed by atoms with Crippen LogP contribution in [0.2, 0.25) is 0 Å². The summed E-state index contributed by atoms with van der Waals surface area (Å²) in [6.07, 6.45) is 4.14. The molecule has 0 bridgehead atoms. The summed E-state index contributed by atoms with van der Waals surface area (Å²) in [5.41, 5.74) is 5.77. The molecule has 3 rings (SSSR count). The third-order valence-electron chi connectivity index (χ3n) is 5.06. The normalized spacial score (nSPS) is 11.6. The second kappa shape index (κ2) is 11.0. The van der Waals surface area contributed by atoms with E-state index in [1.54, 1.807) is 12.1 Å². The number of aromatic hydroxyl groups is 1. The molecule has 0 saturated heterocycles. The van der Waals surface area contributed by atoms with Crippen LogP contribution >= 0.6 is 0 Å². The number of unbranched alkanes of at least 4 members (excludes halogenated alkanes) is 2. The van der Waals surface area contributed by atoms with Gasteiger partial charge in [0.1, 0.15) is 17.8 Å². The summed E-state index contributed by atoms with van der Waals surface area (Å²) in [4.78, 5) is 10.4. The SMILES string of the molecule is CC/C(=C(\c1ccc(O)cc1)c1ccc(OCCCCC=O)cc1)c1ccccc1. The average Bonchev–Trinajstić information content (AvgIpc) is 2.79. The minimum Gasteiger partial charge on any atom is -0.508 e. The van der Waals surface area contributed by atoms with E-state index in [9.17, 15) is 9.90 Å². The molecule has 3 aromatic carbocycles. The number of rotatable bonds is 10. The highest BCUT2D eigenvalue weighted by Crippen LogP contribution is 2.35. The van der Waals surface area contributed by atoms with Gasteiger partial charge in [-0.25, -0.2) is 0 Å². The molecule has 3 nitrogen and oxygen atoms in total. The average molecular weight is 401 g/mol. The van der Waals surface area contributed by atoms with Crippen molar-refractivity contribution in [2.45, 2.75) is 32.6 Å². The third-order valence-corrected chi connectivity index (χ3v) is 5.06. The quantitative estimate of drug-likeness (QED) is 0.240. The number of carbonyl (C=O) groups excluding carboxylic acids is 1. The van der Waals surface area contributed by atoms with Gasteiger partial charge in [-0.3, -0.25) is 0 Å². The first-order valence-corrected chi connectivity index (χ1v) is 10.5.